The number of rotatable bonds is 4. The molecule has 6 nitrogen and oxygen atoms in total. The van der Waals surface area contributed by atoms with Gasteiger partial charge in [-0.25, -0.2) is 4.79 Å². The second kappa shape index (κ2) is 8.49. The lowest BCUT2D eigenvalue weighted by atomic mass is 10.0. The number of nitrogens with zero attached hydrogens (tertiary/aromatic N) is 1. The van der Waals surface area contributed by atoms with E-state index in [1.807, 2.05) is 24.3 Å². The highest BCUT2D eigenvalue weighted by atomic mass is 16.2. The van der Waals surface area contributed by atoms with Gasteiger partial charge < -0.3 is 11.1 Å². The van der Waals surface area contributed by atoms with Crippen LogP contribution in [0, 0.1) is 0 Å². The molecule has 3 amide bonds. The molecule has 2 aromatic rings. The second-order valence-corrected chi connectivity index (χ2v) is 6.59. The van der Waals surface area contributed by atoms with Gasteiger partial charge in [0, 0.05) is 36.9 Å². The average Bonchev–Trinajstić information content (AvgIpc) is 2.64. The van der Waals surface area contributed by atoms with Crippen LogP contribution in [0.5, 0.6) is 0 Å². The highest BCUT2D eigenvalue weighted by Crippen LogP contribution is 2.15. The van der Waals surface area contributed by atoms with Gasteiger partial charge in [0.1, 0.15) is 0 Å². The summed E-state index contributed by atoms with van der Waals surface area (Å²) in [6.07, 6.45) is 1.71. The molecule has 1 fully saturated rings. The van der Waals surface area contributed by atoms with Crippen LogP contribution in [-0.4, -0.2) is 36.0 Å². The van der Waals surface area contributed by atoms with E-state index < -0.39 is 6.03 Å². The Hall–Kier alpha value is -2.86. The van der Waals surface area contributed by atoms with Crippen LogP contribution in [0.15, 0.2) is 54.6 Å². The van der Waals surface area contributed by atoms with E-state index in [0.717, 1.165) is 38.2 Å². The number of nitrogen functional groups attached to an aromatic ring is 1. The SMILES string of the molecule is Nc1cccc(CN2CCC(NC(=O)NC(=O)c3ccccc3)CC2)c1. The summed E-state index contributed by atoms with van der Waals surface area (Å²) in [7, 11) is 0. The van der Waals surface area contributed by atoms with Crippen molar-refractivity contribution in [2.24, 2.45) is 0 Å². The van der Waals surface area contributed by atoms with Crippen molar-refractivity contribution in [2.75, 3.05) is 18.8 Å². The lowest BCUT2D eigenvalue weighted by Crippen LogP contribution is -2.49. The fraction of sp³-hybridized carbons (Fsp3) is 0.300. The van der Waals surface area contributed by atoms with E-state index in [0.29, 0.717) is 5.56 Å². The van der Waals surface area contributed by atoms with Gasteiger partial charge in [-0.15, -0.1) is 0 Å². The fourth-order valence-corrected chi connectivity index (χ4v) is 3.17. The number of imide groups is 1. The Balaban J connectivity index is 1.42. The molecular weight excluding hydrogens is 328 g/mol. The van der Waals surface area contributed by atoms with E-state index in [9.17, 15) is 9.59 Å². The number of hydrogen-bond donors (Lipinski definition) is 3. The second-order valence-electron chi connectivity index (χ2n) is 6.59. The summed E-state index contributed by atoms with van der Waals surface area (Å²) in [6, 6.07) is 16.3. The number of amides is 3. The molecule has 0 saturated carbocycles. The number of hydrogen-bond acceptors (Lipinski definition) is 4. The largest absolute Gasteiger partial charge is 0.399 e. The molecule has 2 aromatic carbocycles. The molecule has 0 aliphatic carbocycles. The highest BCUT2D eigenvalue weighted by Gasteiger charge is 2.21. The monoisotopic (exact) mass is 352 g/mol. The van der Waals surface area contributed by atoms with E-state index >= 15 is 0 Å². The normalized spacial score (nSPS) is 15.4. The number of nitrogens with one attached hydrogen (secondary N) is 2. The maximum atomic E-state index is 12.0. The van der Waals surface area contributed by atoms with Crippen LogP contribution < -0.4 is 16.4 Å². The number of urea groups is 1. The Labute approximate surface area is 153 Å². The lowest BCUT2D eigenvalue weighted by molar-refractivity contribution is 0.0962. The molecule has 0 spiro atoms. The Morgan fingerprint density at radius 3 is 2.46 bits per heavy atom. The number of benzene rings is 2. The zero-order chi connectivity index (χ0) is 18.4. The van der Waals surface area contributed by atoms with Gasteiger partial charge in [-0.2, -0.15) is 0 Å². The predicted molar refractivity (Wildman–Crippen MR) is 102 cm³/mol. The minimum absolute atomic E-state index is 0.0793. The number of carbonyl (C=O) groups is 2. The van der Waals surface area contributed by atoms with Crippen LogP contribution >= 0.6 is 0 Å². The third-order valence-electron chi connectivity index (χ3n) is 4.54. The van der Waals surface area contributed by atoms with Crippen molar-refractivity contribution < 1.29 is 9.59 Å². The van der Waals surface area contributed by atoms with E-state index in [1.165, 1.54) is 5.56 Å². The maximum Gasteiger partial charge on any atom is 0.321 e. The third kappa shape index (κ3) is 5.07. The van der Waals surface area contributed by atoms with Gasteiger partial charge in [0.2, 0.25) is 0 Å². The van der Waals surface area contributed by atoms with Gasteiger partial charge in [0.05, 0.1) is 0 Å². The molecule has 136 valence electrons. The highest BCUT2D eigenvalue weighted by molar-refractivity contribution is 6.04. The molecule has 6 heteroatoms. The van der Waals surface area contributed by atoms with Crippen molar-refractivity contribution in [1.82, 2.24) is 15.5 Å². The molecule has 4 N–H and O–H groups in total. The molecule has 3 rings (SSSR count). The number of piperidine rings is 1. The summed E-state index contributed by atoms with van der Waals surface area (Å²) in [5.41, 5.74) is 8.27. The van der Waals surface area contributed by atoms with Crippen molar-refractivity contribution in [1.29, 1.82) is 0 Å². The first kappa shape index (κ1) is 17.9. The van der Waals surface area contributed by atoms with Crippen LogP contribution in [0.4, 0.5) is 10.5 Å². The number of anilines is 1. The number of nitrogens with two attached hydrogens (primary N) is 1. The number of carbonyl (C=O) groups excluding carboxylic acids is 2. The zero-order valence-electron chi connectivity index (χ0n) is 14.7. The van der Waals surface area contributed by atoms with Gasteiger partial charge in [-0.05, 0) is 42.7 Å². The summed E-state index contributed by atoms with van der Waals surface area (Å²) in [5, 5.41) is 5.28. The summed E-state index contributed by atoms with van der Waals surface area (Å²) in [5.74, 6) is -0.387. The van der Waals surface area contributed by atoms with Crippen molar-refractivity contribution in [3.05, 3.63) is 65.7 Å². The topological polar surface area (TPSA) is 87.5 Å². The number of likely N-dealkylation sites (tertiary alicyclic amines) is 1. The van der Waals surface area contributed by atoms with E-state index in [1.54, 1.807) is 24.3 Å². The van der Waals surface area contributed by atoms with Crippen LogP contribution in [0.1, 0.15) is 28.8 Å². The van der Waals surface area contributed by atoms with Crippen LogP contribution in [0.2, 0.25) is 0 Å². The van der Waals surface area contributed by atoms with Crippen molar-refractivity contribution in [2.45, 2.75) is 25.4 Å². The van der Waals surface area contributed by atoms with Crippen LogP contribution in [0.25, 0.3) is 0 Å². The minimum Gasteiger partial charge on any atom is -0.399 e. The molecule has 1 aliphatic heterocycles. The zero-order valence-corrected chi connectivity index (χ0v) is 14.7. The molecule has 0 radical (unpaired) electrons. The summed E-state index contributed by atoms with van der Waals surface area (Å²) < 4.78 is 0. The smallest absolute Gasteiger partial charge is 0.321 e. The summed E-state index contributed by atoms with van der Waals surface area (Å²) in [4.78, 5) is 26.4. The minimum atomic E-state index is -0.437. The molecule has 0 unspecified atom stereocenters. The molecule has 1 aliphatic rings. The van der Waals surface area contributed by atoms with E-state index in [-0.39, 0.29) is 11.9 Å². The van der Waals surface area contributed by atoms with Gasteiger partial charge in [-0.1, -0.05) is 30.3 Å². The van der Waals surface area contributed by atoms with Crippen LogP contribution in [-0.2, 0) is 6.54 Å². The average molecular weight is 352 g/mol. The standard InChI is InChI=1S/C20H24N4O2/c21-17-8-4-5-15(13-17)14-24-11-9-18(10-12-24)22-20(26)23-19(25)16-6-2-1-3-7-16/h1-8,13,18H,9-12,14,21H2,(H2,22,23,25,26). The fourth-order valence-electron chi connectivity index (χ4n) is 3.17. The predicted octanol–water partition coefficient (Wildman–Crippen LogP) is 2.37. The van der Waals surface area contributed by atoms with Crippen molar-refractivity contribution in [3.8, 4) is 0 Å². The molecule has 26 heavy (non-hydrogen) atoms. The molecule has 0 bridgehead atoms. The van der Waals surface area contributed by atoms with E-state index in [4.69, 9.17) is 5.73 Å². The first-order chi connectivity index (χ1) is 12.6. The molecule has 1 saturated heterocycles. The maximum absolute atomic E-state index is 12.0. The Morgan fingerprint density at radius 2 is 1.77 bits per heavy atom. The Bertz CT molecular complexity index is 755. The molecule has 0 aromatic heterocycles. The Morgan fingerprint density at radius 1 is 1.04 bits per heavy atom. The third-order valence-corrected chi connectivity index (χ3v) is 4.54. The summed E-state index contributed by atoms with van der Waals surface area (Å²) in [6.45, 7) is 2.65. The van der Waals surface area contributed by atoms with Gasteiger partial charge in [0.25, 0.3) is 5.91 Å². The first-order valence-electron chi connectivity index (χ1n) is 8.84. The quantitative estimate of drug-likeness (QED) is 0.737. The van der Waals surface area contributed by atoms with Gasteiger partial charge in [-0.3, -0.25) is 15.0 Å². The molecule has 1 heterocycles. The van der Waals surface area contributed by atoms with Crippen LogP contribution in [0.3, 0.4) is 0 Å². The summed E-state index contributed by atoms with van der Waals surface area (Å²) >= 11 is 0. The van der Waals surface area contributed by atoms with Crippen molar-refractivity contribution >= 4 is 17.6 Å². The van der Waals surface area contributed by atoms with Crippen molar-refractivity contribution in [3.63, 3.8) is 0 Å². The van der Waals surface area contributed by atoms with Gasteiger partial charge in [0.15, 0.2) is 0 Å². The van der Waals surface area contributed by atoms with E-state index in [2.05, 4.69) is 21.6 Å². The van der Waals surface area contributed by atoms with Gasteiger partial charge >= 0.3 is 6.03 Å². The first-order valence-corrected chi connectivity index (χ1v) is 8.84. The Kier molecular flexibility index (Phi) is 5.86. The molecular formula is C20H24N4O2. The lowest BCUT2D eigenvalue weighted by Gasteiger charge is -2.32. The molecule has 0 atom stereocenters.